The summed E-state index contributed by atoms with van der Waals surface area (Å²) in [7, 11) is 0. The Bertz CT molecular complexity index is 614. The van der Waals surface area contributed by atoms with Crippen molar-refractivity contribution in [3.63, 3.8) is 0 Å². The van der Waals surface area contributed by atoms with Crippen molar-refractivity contribution in [2.75, 3.05) is 78.5 Å². The van der Waals surface area contributed by atoms with Gasteiger partial charge >= 0.3 is 16.8 Å². The standard InChI is InChI=1S/5C6H13NO.C6H11NO.Co/c6*1-6-2-4-7(8)5-3-6;/h5*6,8H,2-5H2,1H3;2,8H,3-5H2,1H3;/q;;;;;;+2. The molecule has 6 aliphatic rings. The number of piperidine rings is 5. The smallest absolute Gasteiger partial charge is 0.314 e. The van der Waals surface area contributed by atoms with Crippen molar-refractivity contribution >= 4 is 0 Å². The Kier molecular flexibility index (Phi) is 29.1. The fourth-order valence-electron chi connectivity index (χ4n) is 5.73. The van der Waals surface area contributed by atoms with Crippen molar-refractivity contribution in [2.45, 2.75) is 112 Å². The van der Waals surface area contributed by atoms with Crippen LogP contribution in [0.1, 0.15) is 112 Å². The zero-order chi connectivity index (χ0) is 35.9. The SMILES string of the molecule is CC1=CCN(O)CC1.CC1CCN(O)CC1.CC1CCN(O)CC1.CC1CCN(O)CC1.CC1CCN(O)CC1.CC1CCN(O)CC1.[Co+2]. The molecule has 6 rings (SSSR count). The van der Waals surface area contributed by atoms with Crippen molar-refractivity contribution in [2.24, 2.45) is 29.6 Å². The van der Waals surface area contributed by atoms with Crippen molar-refractivity contribution < 1.29 is 48.0 Å². The van der Waals surface area contributed by atoms with E-state index in [2.05, 4.69) is 41.5 Å². The van der Waals surface area contributed by atoms with Gasteiger partial charge in [0.1, 0.15) is 0 Å². The van der Waals surface area contributed by atoms with Crippen LogP contribution in [0.2, 0.25) is 0 Å². The predicted molar refractivity (Wildman–Crippen MR) is 191 cm³/mol. The molecule has 5 saturated heterocycles. The number of nitrogens with zero attached hydrogens (tertiary/aromatic N) is 6. The number of hydrogen-bond donors (Lipinski definition) is 6. The van der Waals surface area contributed by atoms with E-state index in [1.165, 1.54) is 36.0 Å². The Morgan fingerprint density at radius 1 is 0.388 bits per heavy atom. The summed E-state index contributed by atoms with van der Waals surface area (Å²) < 4.78 is 0. The van der Waals surface area contributed by atoms with Gasteiger partial charge in [-0.25, -0.2) is 0 Å². The first-order chi connectivity index (χ1) is 22.7. The Morgan fingerprint density at radius 2 is 0.592 bits per heavy atom. The fraction of sp³-hybridized carbons (Fsp3) is 0.944. The first-order valence-electron chi connectivity index (χ1n) is 19.0. The summed E-state index contributed by atoms with van der Waals surface area (Å²) in [5.41, 5.74) is 1.38. The minimum Gasteiger partial charge on any atom is -0.314 e. The first-order valence-corrected chi connectivity index (χ1v) is 19.0. The summed E-state index contributed by atoms with van der Waals surface area (Å²) in [6.07, 6.45) is 14.5. The van der Waals surface area contributed by atoms with Crippen LogP contribution >= 0.6 is 0 Å². The van der Waals surface area contributed by atoms with E-state index in [1.54, 1.807) is 0 Å². The second-order valence-corrected chi connectivity index (χ2v) is 15.4. The van der Waals surface area contributed by atoms with Crippen LogP contribution in [0.5, 0.6) is 0 Å². The summed E-state index contributed by atoms with van der Waals surface area (Å²) in [5, 5.41) is 61.5. The van der Waals surface area contributed by atoms with Crippen molar-refractivity contribution in [3.05, 3.63) is 11.6 Å². The van der Waals surface area contributed by atoms with Gasteiger partial charge in [-0.2, -0.15) is 30.4 Å². The normalized spacial score (nSPS) is 25.2. The summed E-state index contributed by atoms with van der Waals surface area (Å²) in [6, 6.07) is 0. The molecule has 0 aliphatic carbocycles. The minimum atomic E-state index is 0. The van der Waals surface area contributed by atoms with Gasteiger partial charge in [-0.3, -0.25) is 0 Å². The van der Waals surface area contributed by atoms with Crippen LogP contribution < -0.4 is 0 Å². The number of hydrogen-bond acceptors (Lipinski definition) is 12. The maximum Gasteiger partial charge on any atom is 2.00 e. The molecule has 6 heterocycles. The molecule has 12 nitrogen and oxygen atoms in total. The Morgan fingerprint density at radius 3 is 0.714 bits per heavy atom. The van der Waals surface area contributed by atoms with Gasteiger partial charge in [-0.05, 0) is 107 Å². The summed E-state index contributed by atoms with van der Waals surface area (Å²) in [6.45, 7) is 23.4. The van der Waals surface area contributed by atoms with Gasteiger partial charge in [-0.15, -0.1) is 0 Å². The molecule has 0 aromatic heterocycles. The van der Waals surface area contributed by atoms with Crippen molar-refractivity contribution in [1.82, 2.24) is 30.4 Å². The summed E-state index contributed by atoms with van der Waals surface area (Å²) in [4.78, 5) is 0. The monoisotopic (exact) mass is 748 g/mol. The fourth-order valence-corrected chi connectivity index (χ4v) is 5.73. The van der Waals surface area contributed by atoms with Gasteiger partial charge in [0, 0.05) is 78.5 Å². The summed E-state index contributed by atoms with van der Waals surface area (Å²) in [5.74, 6) is 4.09. The van der Waals surface area contributed by atoms with E-state index in [0.29, 0.717) is 6.54 Å². The van der Waals surface area contributed by atoms with Crippen LogP contribution in [0, 0.1) is 29.6 Å². The molecule has 0 aromatic rings. The van der Waals surface area contributed by atoms with E-state index in [1.807, 2.05) is 6.08 Å². The average molecular weight is 748 g/mol. The van der Waals surface area contributed by atoms with E-state index in [4.69, 9.17) is 31.2 Å². The predicted octanol–water partition coefficient (Wildman–Crippen LogP) is 6.56. The maximum absolute atomic E-state index is 8.86. The average Bonchev–Trinajstić information content (AvgIpc) is 3.07. The Labute approximate surface area is 309 Å². The third-order valence-electron chi connectivity index (χ3n) is 10.2. The second-order valence-electron chi connectivity index (χ2n) is 15.4. The van der Waals surface area contributed by atoms with Gasteiger partial charge in [-0.1, -0.05) is 46.3 Å². The topological polar surface area (TPSA) is 141 Å². The van der Waals surface area contributed by atoms with Gasteiger partial charge in [0.2, 0.25) is 0 Å². The van der Waals surface area contributed by atoms with Crippen LogP contribution in [0.15, 0.2) is 11.6 Å². The first kappa shape index (κ1) is 48.8. The molecule has 5 fully saturated rings. The van der Waals surface area contributed by atoms with Crippen molar-refractivity contribution in [1.29, 1.82) is 0 Å². The maximum atomic E-state index is 8.86. The number of hydroxylamine groups is 12. The molecule has 0 spiro atoms. The van der Waals surface area contributed by atoms with Gasteiger partial charge < -0.3 is 31.2 Å². The Balaban J connectivity index is 0.000000562. The molecule has 49 heavy (non-hydrogen) atoms. The van der Waals surface area contributed by atoms with Crippen LogP contribution in [-0.2, 0) is 16.8 Å². The molecule has 0 atom stereocenters. The molecule has 293 valence electrons. The minimum absolute atomic E-state index is 0. The van der Waals surface area contributed by atoms with Crippen molar-refractivity contribution in [3.8, 4) is 0 Å². The second kappa shape index (κ2) is 29.2. The third kappa shape index (κ3) is 28.0. The van der Waals surface area contributed by atoms with E-state index in [0.717, 1.165) is 172 Å². The van der Waals surface area contributed by atoms with Gasteiger partial charge in [0.25, 0.3) is 0 Å². The quantitative estimate of drug-likeness (QED) is 0.150. The van der Waals surface area contributed by atoms with Crippen LogP contribution in [0.25, 0.3) is 0 Å². The molecular formula is C36H76CoN6O6+2. The molecular weight excluding hydrogens is 671 g/mol. The van der Waals surface area contributed by atoms with E-state index in [-0.39, 0.29) is 16.8 Å². The molecule has 0 saturated carbocycles. The zero-order valence-electron chi connectivity index (χ0n) is 31.9. The third-order valence-corrected chi connectivity index (χ3v) is 10.2. The number of rotatable bonds is 0. The van der Waals surface area contributed by atoms with E-state index < -0.39 is 0 Å². The summed E-state index contributed by atoms with van der Waals surface area (Å²) >= 11 is 0. The molecule has 0 amide bonds. The molecule has 0 aromatic carbocycles. The Hall–Kier alpha value is -0.234. The van der Waals surface area contributed by atoms with E-state index in [9.17, 15) is 0 Å². The molecule has 0 bridgehead atoms. The van der Waals surface area contributed by atoms with Gasteiger partial charge in [0.05, 0.1) is 0 Å². The molecule has 1 radical (unpaired) electrons. The van der Waals surface area contributed by atoms with Crippen LogP contribution in [0.4, 0.5) is 0 Å². The molecule has 0 unspecified atom stereocenters. The molecule has 6 N–H and O–H groups in total. The van der Waals surface area contributed by atoms with Gasteiger partial charge in [0.15, 0.2) is 0 Å². The molecule has 13 heteroatoms. The largest absolute Gasteiger partial charge is 2.00 e. The van der Waals surface area contributed by atoms with Crippen LogP contribution in [0.3, 0.4) is 0 Å². The van der Waals surface area contributed by atoms with Crippen LogP contribution in [-0.4, -0.2) is 140 Å². The zero-order valence-corrected chi connectivity index (χ0v) is 33.0. The van der Waals surface area contributed by atoms with E-state index >= 15 is 0 Å². The molecule has 6 aliphatic heterocycles.